The number of ether oxygens (including phenoxy) is 1. The van der Waals surface area contributed by atoms with Crippen LogP contribution < -0.4 is 15.6 Å². The van der Waals surface area contributed by atoms with E-state index >= 15 is 0 Å². The monoisotopic (exact) mass is 367 g/mol. The molecular formula is C20H21N3O4. The minimum atomic E-state index is -0.437. The van der Waals surface area contributed by atoms with Crippen LogP contribution in [0.4, 0.5) is 0 Å². The second-order valence-electron chi connectivity index (χ2n) is 6.18. The number of hydrogen-bond donors (Lipinski definition) is 2. The molecule has 0 saturated carbocycles. The number of aryl methyl sites for hydroxylation is 3. The van der Waals surface area contributed by atoms with Crippen LogP contribution in [0.25, 0.3) is 11.1 Å². The normalized spacial score (nSPS) is 10.6. The van der Waals surface area contributed by atoms with Gasteiger partial charge in [-0.15, -0.1) is 0 Å². The zero-order valence-electron chi connectivity index (χ0n) is 15.2. The molecule has 0 atom stereocenters. The van der Waals surface area contributed by atoms with Crippen molar-refractivity contribution in [3.63, 3.8) is 0 Å². The van der Waals surface area contributed by atoms with Gasteiger partial charge in [0.25, 0.3) is 5.91 Å². The highest BCUT2D eigenvalue weighted by atomic mass is 16.5. The molecule has 0 fully saturated rings. The third kappa shape index (κ3) is 4.84. The maximum Gasteiger partial charge on any atom is 0.276 e. The topological polar surface area (TPSA) is 93.5 Å². The van der Waals surface area contributed by atoms with E-state index in [9.17, 15) is 9.59 Å². The minimum Gasteiger partial charge on any atom is -0.483 e. The van der Waals surface area contributed by atoms with Gasteiger partial charge < -0.3 is 9.15 Å². The first-order valence-electron chi connectivity index (χ1n) is 8.64. The summed E-state index contributed by atoms with van der Waals surface area (Å²) >= 11 is 0. The number of amides is 2. The zero-order valence-corrected chi connectivity index (χ0v) is 15.2. The molecule has 7 heteroatoms. The lowest BCUT2D eigenvalue weighted by atomic mass is 10.1. The van der Waals surface area contributed by atoms with Gasteiger partial charge in [0.2, 0.25) is 5.91 Å². The lowest BCUT2D eigenvalue weighted by Gasteiger charge is -2.12. The second-order valence-corrected chi connectivity index (χ2v) is 6.18. The molecule has 2 amide bonds. The second kappa shape index (κ2) is 8.35. The lowest BCUT2D eigenvalue weighted by Crippen LogP contribution is -2.44. The Bertz CT molecular complexity index is 912. The van der Waals surface area contributed by atoms with Crippen LogP contribution in [-0.4, -0.2) is 23.4 Å². The third-order valence-electron chi connectivity index (χ3n) is 4.00. The first-order chi connectivity index (χ1) is 13.0. The summed E-state index contributed by atoms with van der Waals surface area (Å²) in [5, 5.41) is 0. The van der Waals surface area contributed by atoms with Crippen molar-refractivity contribution in [2.75, 3.05) is 6.61 Å². The summed E-state index contributed by atoms with van der Waals surface area (Å²) in [4.78, 5) is 28.0. The van der Waals surface area contributed by atoms with Crippen LogP contribution in [0.1, 0.15) is 23.4 Å². The van der Waals surface area contributed by atoms with Crippen molar-refractivity contribution in [1.29, 1.82) is 0 Å². The Morgan fingerprint density at radius 3 is 2.44 bits per heavy atom. The molecule has 0 aliphatic rings. The number of nitrogens with zero attached hydrogens (tertiary/aromatic N) is 1. The van der Waals surface area contributed by atoms with Crippen molar-refractivity contribution in [2.45, 2.75) is 26.7 Å². The molecule has 0 radical (unpaired) electrons. The highest BCUT2D eigenvalue weighted by molar-refractivity contribution is 5.82. The number of hydrazine groups is 1. The number of nitrogens with one attached hydrogen (secondary N) is 2. The van der Waals surface area contributed by atoms with Gasteiger partial charge in [-0.1, -0.05) is 30.3 Å². The Morgan fingerprint density at radius 2 is 1.70 bits per heavy atom. The van der Waals surface area contributed by atoms with Gasteiger partial charge in [0.05, 0.1) is 0 Å². The lowest BCUT2D eigenvalue weighted by molar-refractivity contribution is -0.130. The van der Waals surface area contributed by atoms with E-state index in [1.165, 1.54) is 0 Å². The summed E-state index contributed by atoms with van der Waals surface area (Å²) in [5.41, 5.74) is 8.04. The molecule has 0 saturated heterocycles. The van der Waals surface area contributed by atoms with E-state index in [1.54, 1.807) is 0 Å². The molecule has 2 N–H and O–H groups in total. The van der Waals surface area contributed by atoms with Crippen LogP contribution in [0, 0.1) is 13.8 Å². The van der Waals surface area contributed by atoms with Gasteiger partial charge in [-0.3, -0.25) is 20.4 Å². The fraction of sp³-hybridized carbons (Fsp3) is 0.250. The Balaban J connectivity index is 1.41. The Hall–Kier alpha value is -3.35. The molecule has 7 nitrogen and oxygen atoms in total. The van der Waals surface area contributed by atoms with Crippen LogP contribution in [0.15, 0.2) is 46.9 Å². The average Bonchev–Trinajstić information content (AvgIpc) is 3.07. The molecule has 0 aliphatic carbocycles. The van der Waals surface area contributed by atoms with Crippen LogP contribution in [0.3, 0.4) is 0 Å². The van der Waals surface area contributed by atoms with E-state index in [4.69, 9.17) is 9.15 Å². The summed E-state index contributed by atoms with van der Waals surface area (Å²) in [5.74, 6) is 0.386. The predicted molar refractivity (Wildman–Crippen MR) is 100 cm³/mol. The predicted octanol–water partition coefficient (Wildman–Crippen LogP) is 2.60. The van der Waals surface area contributed by atoms with Crippen LogP contribution in [-0.2, 0) is 16.0 Å². The number of carbonyl (C=O) groups is 2. The Kier molecular flexibility index (Phi) is 5.71. The fourth-order valence-electron chi connectivity index (χ4n) is 2.65. The maximum atomic E-state index is 11.9. The number of aromatic nitrogens is 1. The molecule has 1 heterocycles. The molecule has 0 bridgehead atoms. The van der Waals surface area contributed by atoms with Crippen molar-refractivity contribution in [3.05, 3.63) is 59.5 Å². The van der Waals surface area contributed by atoms with Crippen LogP contribution in [0.2, 0.25) is 0 Å². The van der Waals surface area contributed by atoms with Gasteiger partial charge in [0, 0.05) is 12.8 Å². The summed E-state index contributed by atoms with van der Waals surface area (Å²) < 4.78 is 11.1. The van der Waals surface area contributed by atoms with Crippen molar-refractivity contribution in [1.82, 2.24) is 15.8 Å². The summed E-state index contributed by atoms with van der Waals surface area (Å²) in [6.07, 6.45) is 0.486. The van der Waals surface area contributed by atoms with Crippen molar-refractivity contribution >= 4 is 22.9 Å². The number of rotatable bonds is 6. The van der Waals surface area contributed by atoms with E-state index < -0.39 is 5.91 Å². The molecule has 140 valence electrons. The largest absolute Gasteiger partial charge is 0.483 e. The summed E-state index contributed by atoms with van der Waals surface area (Å²) in [7, 11) is 0. The molecule has 2 aromatic carbocycles. The first kappa shape index (κ1) is 18.4. The van der Waals surface area contributed by atoms with E-state index in [0.717, 1.165) is 16.6 Å². The Labute approximate surface area is 156 Å². The van der Waals surface area contributed by atoms with E-state index in [-0.39, 0.29) is 18.9 Å². The van der Waals surface area contributed by atoms with Gasteiger partial charge in [0.1, 0.15) is 11.3 Å². The average molecular weight is 367 g/mol. The molecule has 0 spiro atoms. The number of benzene rings is 2. The van der Waals surface area contributed by atoms with Gasteiger partial charge in [-0.05, 0) is 37.1 Å². The molecule has 0 aliphatic heterocycles. The van der Waals surface area contributed by atoms with E-state index in [2.05, 4.69) is 15.8 Å². The number of para-hydroxylation sites is 3. The van der Waals surface area contributed by atoms with Gasteiger partial charge in [-0.2, -0.15) is 0 Å². The number of hydrogen-bond acceptors (Lipinski definition) is 5. The van der Waals surface area contributed by atoms with E-state index in [0.29, 0.717) is 23.6 Å². The fourth-order valence-corrected chi connectivity index (χ4v) is 2.65. The molecule has 27 heavy (non-hydrogen) atoms. The number of fused-ring (bicyclic) bond motifs is 1. The van der Waals surface area contributed by atoms with Crippen molar-refractivity contribution < 1.29 is 18.7 Å². The highest BCUT2D eigenvalue weighted by Gasteiger charge is 2.10. The number of carbonyl (C=O) groups excluding carboxylic acids is 2. The van der Waals surface area contributed by atoms with Crippen LogP contribution >= 0.6 is 0 Å². The molecule has 0 unspecified atom stereocenters. The smallest absolute Gasteiger partial charge is 0.276 e. The molecular weight excluding hydrogens is 346 g/mol. The third-order valence-corrected chi connectivity index (χ3v) is 4.00. The van der Waals surface area contributed by atoms with Gasteiger partial charge >= 0.3 is 0 Å². The zero-order chi connectivity index (χ0) is 19.2. The highest BCUT2D eigenvalue weighted by Crippen LogP contribution is 2.22. The van der Waals surface area contributed by atoms with Crippen LogP contribution in [0.5, 0.6) is 5.75 Å². The first-order valence-corrected chi connectivity index (χ1v) is 8.64. The standard InChI is InChI=1S/C20H21N3O4/c1-13-6-5-7-14(2)20(13)26-12-18(25)23-22-17(24)10-11-19-21-15-8-3-4-9-16(15)27-19/h3-9H,10-12H2,1-2H3,(H,22,24)(H,23,25). The van der Waals surface area contributed by atoms with Gasteiger partial charge in [-0.25, -0.2) is 4.98 Å². The summed E-state index contributed by atoms with van der Waals surface area (Å²) in [6.45, 7) is 3.64. The Morgan fingerprint density at radius 1 is 1.00 bits per heavy atom. The maximum absolute atomic E-state index is 11.9. The van der Waals surface area contributed by atoms with Crippen molar-refractivity contribution in [2.24, 2.45) is 0 Å². The van der Waals surface area contributed by atoms with Gasteiger partial charge in [0.15, 0.2) is 18.1 Å². The van der Waals surface area contributed by atoms with E-state index in [1.807, 2.05) is 56.3 Å². The SMILES string of the molecule is Cc1cccc(C)c1OCC(=O)NNC(=O)CCc1nc2ccccc2o1. The molecule has 3 aromatic rings. The van der Waals surface area contributed by atoms with Crippen molar-refractivity contribution in [3.8, 4) is 5.75 Å². The minimum absolute atomic E-state index is 0.144. The quantitative estimate of drug-likeness (QED) is 0.653. The number of oxazole rings is 1. The summed E-state index contributed by atoms with van der Waals surface area (Å²) in [6, 6.07) is 13.1. The molecule has 3 rings (SSSR count). The molecule has 1 aromatic heterocycles.